The van der Waals surface area contributed by atoms with E-state index < -0.39 is 0 Å². The first-order chi connectivity index (χ1) is 3.00. The maximum Gasteiger partial charge on any atom is 0.316 e. The summed E-state index contributed by atoms with van der Waals surface area (Å²) in [5, 5.41) is 0. The molecule has 0 radical (unpaired) electrons. The summed E-state index contributed by atoms with van der Waals surface area (Å²) in [5.74, 6) is 0. The van der Waals surface area contributed by atoms with Crippen LogP contribution in [0.2, 0.25) is 0 Å². The molecule has 1 aliphatic rings. The van der Waals surface area contributed by atoms with Crippen molar-refractivity contribution >= 4 is 35.5 Å². The molecular weight excluding hydrogens is 140 g/mol. The van der Waals surface area contributed by atoms with E-state index in [1.807, 2.05) is 0 Å². The van der Waals surface area contributed by atoms with Crippen molar-refractivity contribution in [3.63, 3.8) is 0 Å². The summed E-state index contributed by atoms with van der Waals surface area (Å²) >= 11 is 0. The first kappa shape index (κ1) is 11.7. The van der Waals surface area contributed by atoms with Gasteiger partial charge in [-0.2, -0.15) is 0 Å². The molecule has 2 nitrogen and oxygen atoms in total. The van der Waals surface area contributed by atoms with E-state index in [1.165, 1.54) is 0 Å². The van der Waals surface area contributed by atoms with E-state index in [2.05, 4.69) is 9.78 Å². The van der Waals surface area contributed by atoms with E-state index >= 15 is 0 Å². The van der Waals surface area contributed by atoms with Crippen LogP contribution >= 0.6 is 12.4 Å². The third kappa shape index (κ3) is 5.12. The Labute approximate surface area is 71.4 Å². The second-order valence-electron chi connectivity index (χ2n) is 1.35. The van der Waals surface area contributed by atoms with Gasteiger partial charge in [-0.1, -0.05) is 0 Å². The Balaban J connectivity index is 0. The van der Waals surface area contributed by atoms with Crippen LogP contribution in [0.1, 0.15) is 12.8 Å². The van der Waals surface area contributed by atoms with Crippen molar-refractivity contribution in [2.75, 3.05) is 13.2 Å². The van der Waals surface area contributed by atoms with Crippen LogP contribution in [0, 0.1) is 0 Å². The quantitative estimate of drug-likeness (QED) is 0.364. The lowest BCUT2D eigenvalue weighted by Gasteiger charge is -2.07. The van der Waals surface area contributed by atoms with Gasteiger partial charge in [0.1, 0.15) is 0 Å². The van der Waals surface area contributed by atoms with Crippen molar-refractivity contribution in [3.05, 3.63) is 0 Å². The van der Waals surface area contributed by atoms with E-state index in [0.717, 1.165) is 26.1 Å². The van der Waals surface area contributed by atoms with Gasteiger partial charge in [0.05, 0.1) is 13.2 Å². The predicted octanol–water partition coefficient (Wildman–Crippen LogP) is 0.234. The van der Waals surface area contributed by atoms with Crippen molar-refractivity contribution in [2.45, 2.75) is 12.8 Å². The zero-order valence-electron chi connectivity index (χ0n) is 4.05. The average molecular weight is 151 g/mol. The van der Waals surface area contributed by atoms with Crippen LogP contribution in [0.5, 0.6) is 0 Å². The largest absolute Gasteiger partial charge is 0.316 e. The molecule has 0 bridgehead atoms. The highest BCUT2D eigenvalue weighted by atomic mass is 35.5. The molecule has 0 aromatic carbocycles. The summed E-state index contributed by atoms with van der Waals surface area (Å²) in [6, 6.07) is 0. The van der Waals surface area contributed by atoms with E-state index in [-0.39, 0.29) is 35.5 Å². The highest BCUT2D eigenvalue weighted by Gasteiger charge is 1.95. The standard InChI is InChI=1S/C4H8O2.ClH.Mg.2H/c1-2-4-6-5-3-1;;;;/h1-4H2;1H;;;. The lowest BCUT2D eigenvalue weighted by Crippen LogP contribution is -2.05. The van der Waals surface area contributed by atoms with Crippen LogP contribution in [0.4, 0.5) is 0 Å². The molecular formula is C4H11ClMgO2. The van der Waals surface area contributed by atoms with Crippen molar-refractivity contribution < 1.29 is 9.78 Å². The van der Waals surface area contributed by atoms with Crippen LogP contribution in [-0.2, 0) is 9.78 Å². The van der Waals surface area contributed by atoms with Crippen molar-refractivity contribution in [3.8, 4) is 0 Å². The van der Waals surface area contributed by atoms with E-state index in [9.17, 15) is 0 Å². The molecule has 0 aromatic heterocycles. The Morgan fingerprint density at radius 2 is 1.25 bits per heavy atom. The second-order valence-corrected chi connectivity index (χ2v) is 1.35. The molecule has 1 aliphatic heterocycles. The third-order valence-corrected chi connectivity index (χ3v) is 0.789. The van der Waals surface area contributed by atoms with Crippen LogP contribution < -0.4 is 0 Å². The number of hydrogen-bond donors (Lipinski definition) is 0. The molecule has 8 heavy (non-hydrogen) atoms. The maximum absolute atomic E-state index is 4.57. The van der Waals surface area contributed by atoms with Gasteiger partial charge >= 0.3 is 23.1 Å². The fraction of sp³-hybridized carbons (Fsp3) is 1.00. The normalized spacial score (nSPS) is 18.0. The second kappa shape index (κ2) is 7.98. The molecule has 0 unspecified atom stereocenters. The number of hydrogen-bond acceptors (Lipinski definition) is 2. The average Bonchev–Trinajstić information content (AvgIpc) is 1.72. The molecule has 1 rings (SSSR count). The fourth-order valence-electron chi connectivity index (χ4n) is 0.440. The summed E-state index contributed by atoms with van der Waals surface area (Å²) in [6.45, 7) is 1.56. The fourth-order valence-corrected chi connectivity index (χ4v) is 0.440. The minimum absolute atomic E-state index is 0. The minimum Gasteiger partial charge on any atom is -0.237 e. The molecule has 0 amide bonds. The van der Waals surface area contributed by atoms with Crippen LogP contribution in [0.15, 0.2) is 0 Å². The first-order valence-electron chi connectivity index (χ1n) is 2.24. The number of halogens is 1. The first-order valence-corrected chi connectivity index (χ1v) is 2.24. The Morgan fingerprint density at radius 3 is 1.38 bits per heavy atom. The maximum atomic E-state index is 4.57. The SMILES string of the molecule is C1CCOOC1.Cl.[MgH2]. The Bertz CT molecular complexity index is 29.5. The van der Waals surface area contributed by atoms with Gasteiger partial charge in [-0.25, -0.2) is 9.78 Å². The van der Waals surface area contributed by atoms with Gasteiger partial charge in [-0.15, -0.1) is 12.4 Å². The highest BCUT2D eigenvalue weighted by molar-refractivity contribution is 5.85. The van der Waals surface area contributed by atoms with E-state index in [0.29, 0.717) is 0 Å². The van der Waals surface area contributed by atoms with Gasteiger partial charge < -0.3 is 0 Å². The summed E-state index contributed by atoms with van der Waals surface area (Å²) in [7, 11) is 0. The lowest BCUT2D eigenvalue weighted by atomic mass is 10.3. The molecule has 0 saturated carbocycles. The molecule has 0 N–H and O–H groups in total. The Hall–Kier alpha value is 0.976. The summed E-state index contributed by atoms with van der Waals surface area (Å²) < 4.78 is 0. The monoisotopic (exact) mass is 150 g/mol. The third-order valence-electron chi connectivity index (χ3n) is 0.789. The van der Waals surface area contributed by atoms with Crippen LogP contribution in [0.3, 0.4) is 0 Å². The summed E-state index contributed by atoms with van der Waals surface area (Å²) in [4.78, 5) is 9.14. The molecule has 48 valence electrons. The molecule has 0 atom stereocenters. The van der Waals surface area contributed by atoms with Gasteiger partial charge in [0.25, 0.3) is 0 Å². The van der Waals surface area contributed by atoms with Crippen molar-refractivity contribution in [2.24, 2.45) is 0 Å². The summed E-state index contributed by atoms with van der Waals surface area (Å²) in [6.07, 6.45) is 2.31. The molecule has 1 heterocycles. The zero-order valence-corrected chi connectivity index (χ0v) is 4.87. The topological polar surface area (TPSA) is 18.5 Å². The van der Waals surface area contributed by atoms with Crippen molar-refractivity contribution in [1.29, 1.82) is 0 Å². The number of rotatable bonds is 0. The van der Waals surface area contributed by atoms with Gasteiger partial charge in [0, 0.05) is 0 Å². The molecule has 0 aliphatic carbocycles. The lowest BCUT2D eigenvalue weighted by molar-refractivity contribution is -0.312. The molecule has 4 heteroatoms. The Morgan fingerprint density at radius 1 is 0.875 bits per heavy atom. The molecule has 1 saturated heterocycles. The summed E-state index contributed by atoms with van der Waals surface area (Å²) in [5.41, 5.74) is 0. The van der Waals surface area contributed by atoms with Gasteiger partial charge in [0.2, 0.25) is 0 Å². The van der Waals surface area contributed by atoms with Crippen LogP contribution in [-0.4, -0.2) is 36.3 Å². The van der Waals surface area contributed by atoms with E-state index in [4.69, 9.17) is 0 Å². The smallest absolute Gasteiger partial charge is 0.237 e. The van der Waals surface area contributed by atoms with Crippen molar-refractivity contribution in [1.82, 2.24) is 0 Å². The predicted molar refractivity (Wildman–Crippen MR) is 36.9 cm³/mol. The molecule has 0 spiro atoms. The van der Waals surface area contributed by atoms with Crippen LogP contribution in [0.25, 0.3) is 0 Å². The van der Waals surface area contributed by atoms with Gasteiger partial charge in [-0.3, -0.25) is 0 Å². The Kier molecular flexibility index (Phi) is 11.7. The van der Waals surface area contributed by atoms with Gasteiger partial charge in [-0.05, 0) is 12.8 Å². The molecule has 0 aromatic rings. The van der Waals surface area contributed by atoms with E-state index in [1.54, 1.807) is 0 Å². The van der Waals surface area contributed by atoms with Gasteiger partial charge in [0.15, 0.2) is 0 Å². The highest BCUT2D eigenvalue weighted by Crippen LogP contribution is 1.97. The minimum atomic E-state index is 0. The zero-order chi connectivity index (χ0) is 4.24. The molecule has 1 fully saturated rings.